The SMILES string of the molecule is OCCN1CC=C(c2cccc(-c3ccc(-c4cn5nc(N6CCN(CCc7ccccc7)CC6)sc5n4)cc3)c2)CC1. The lowest BCUT2D eigenvalue weighted by atomic mass is 9.95. The van der Waals surface area contributed by atoms with Gasteiger partial charge >= 0.3 is 0 Å². The first-order valence-electron chi connectivity index (χ1n) is 15.3. The summed E-state index contributed by atoms with van der Waals surface area (Å²) in [6, 6.07) is 28.3. The van der Waals surface area contributed by atoms with Gasteiger partial charge in [-0.2, -0.15) is 0 Å². The van der Waals surface area contributed by atoms with Crippen LogP contribution in [0.1, 0.15) is 17.5 Å². The van der Waals surface area contributed by atoms with Crippen LogP contribution in [0.25, 0.3) is 32.9 Å². The summed E-state index contributed by atoms with van der Waals surface area (Å²) in [6.45, 7) is 8.10. The second-order valence-corrected chi connectivity index (χ2v) is 12.4. The number of aromatic nitrogens is 3. The molecule has 4 heterocycles. The third kappa shape index (κ3) is 6.43. The molecule has 2 aliphatic heterocycles. The Balaban J connectivity index is 0.975. The third-order valence-electron chi connectivity index (χ3n) is 8.69. The fourth-order valence-electron chi connectivity index (χ4n) is 6.10. The summed E-state index contributed by atoms with van der Waals surface area (Å²) in [5, 5.41) is 15.2. The molecule has 0 amide bonds. The quantitative estimate of drug-likeness (QED) is 0.242. The van der Waals surface area contributed by atoms with Crippen LogP contribution in [-0.2, 0) is 6.42 Å². The number of nitrogens with zero attached hydrogens (tertiary/aromatic N) is 6. The van der Waals surface area contributed by atoms with E-state index in [9.17, 15) is 5.11 Å². The number of β-amino-alcohol motifs (C(OH)–C–C–N with tert-alkyl or cyclic N) is 1. The van der Waals surface area contributed by atoms with Crippen molar-refractivity contribution >= 4 is 27.0 Å². The van der Waals surface area contributed by atoms with Crippen molar-refractivity contribution in [2.24, 2.45) is 0 Å². The molecule has 7 nitrogen and oxygen atoms in total. The molecule has 0 spiro atoms. The summed E-state index contributed by atoms with van der Waals surface area (Å²) in [5.74, 6) is 0. The molecule has 2 aromatic heterocycles. The van der Waals surface area contributed by atoms with Crippen molar-refractivity contribution in [2.75, 3.05) is 63.9 Å². The van der Waals surface area contributed by atoms with Crippen LogP contribution in [0.3, 0.4) is 0 Å². The fraction of sp³-hybridized carbons (Fsp3) is 0.314. The Morgan fingerprint density at radius 2 is 1.53 bits per heavy atom. The van der Waals surface area contributed by atoms with Gasteiger partial charge in [0.1, 0.15) is 0 Å². The highest BCUT2D eigenvalue weighted by Crippen LogP contribution is 2.31. The topological polar surface area (TPSA) is 60.1 Å². The van der Waals surface area contributed by atoms with E-state index in [4.69, 9.17) is 10.1 Å². The minimum atomic E-state index is 0.219. The van der Waals surface area contributed by atoms with Gasteiger partial charge in [0.25, 0.3) is 0 Å². The van der Waals surface area contributed by atoms with Gasteiger partial charge in [0.2, 0.25) is 10.1 Å². The van der Waals surface area contributed by atoms with Crippen molar-refractivity contribution in [3.63, 3.8) is 0 Å². The Morgan fingerprint density at radius 1 is 0.744 bits per heavy atom. The van der Waals surface area contributed by atoms with Crippen molar-refractivity contribution in [3.8, 4) is 22.4 Å². The zero-order valence-corrected chi connectivity index (χ0v) is 25.3. The lowest BCUT2D eigenvalue weighted by Crippen LogP contribution is -2.47. The molecular formula is C35H38N6OS. The molecule has 43 heavy (non-hydrogen) atoms. The molecule has 0 saturated carbocycles. The fourth-order valence-corrected chi connectivity index (χ4v) is 7.04. The van der Waals surface area contributed by atoms with E-state index in [1.54, 1.807) is 11.3 Å². The number of piperazine rings is 1. The zero-order valence-electron chi connectivity index (χ0n) is 24.5. The minimum Gasteiger partial charge on any atom is -0.395 e. The average Bonchev–Trinajstić information content (AvgIpc) is 3.65. The van der Waals surface area contributed by atoms with Crippen LogP contribution in [0.15, 0.2) is 91.1 Å². The highest BCUT2D eigenvalue weighted by atomic mass is 32.1. The number of hydrogen-bond acceptors (Lipinski definition) is 7. The highest BCUT2D eigenvalue weighted by Gasteiger charge is 2.21. The Hall–Kier alpha value is -3.82. The molecular weight excluding hydrogens is 552 g/mol. The van der Waals surface area contributed by atoms with Gasteiger partial charge in [0, 0.05) is 57.9 Å². The molecule has 1 saturated heterocycles. The van der Waals surface area contributed by atoms with Crippen LogP contribution in [0.4, 0.5) is 5.13 Å². The van der Waals surface area contributed by atoms with E-state index in [1.165, 1.54) is 27.8 Å². The Labute approximate surface area is 257 Å². The Bertz CT molecular complexity index is 1650. The number of imidazole rings is 1. The number of hydrogen-bond donors (Lipinski definition) is 1. The lowest BCUT2D eigenvalue weighted by Gasteiger charge is -2.34. The van der Waals surface area contributed by atoms with Crippen LogP contribution in [0, 0.1) is 0 Å². The number of aliphatic hydroxyl groups excluding tert-OH is 1. The number of anilines is 1. The number of benzene rings is 3. The lowest BCUT2D eigenvalue weighted by molar-refractivity contribution is 0.208. The molecule has 1 N–H and O–H groups in total. The van der Waals surface area contributed by atoms with Gasteiger partial charge in [-0.3, -0.25) is 9.80 Å². The standard InChI is InChI=1S/C35H38N6OS/c42-24-23-38-17-14-29(15-18-38)32-8-4-7-31(25-32)28-9-11-30(12-10-28)33-26-41-34(36-33)43-35(37-41)40-21-19-39(20-22-40)16-13-27-5-2-1-3-6-27/h1-12,14,25-26,42H,13,15-24H2. The molecule has 220 valence electrons. The normalized spacial score (nSPS) is 16.6. The van der Waals surface area contributed by atoms with Crippen molar-refractivity contribution in [2.45, 2.75) is 12.8 Å². The van der Waals surface area contributed by atoms with Crippen LogP contribution < -0.4 is 4.90 Å². The molecule has 7 rings (SSSR count). The summed E-state index contributed by atoms with van der Waals surface area (Å²) in [5.41, 5.74) is 8.57. The van der Waals surface area contributed by atoms with Crippen molar-refractivity contribution in [1.82, 2.24) is 24.4 Å². The second-order valence-electron chi connectivity index (χ2n) is 11.5. The van der Waals surface area contributed by atoms with E-state index in [0.717, 1.165) is 86.5 Å². The van der Waals surface area contributed by atoms with Crippen LogP contribution in [0.5, 0.6) is 0 Å². The summed E-state index contributed by atoms with van der Waals surface area (Å²) in [7, 11) is 0. The largest absolute Gasteiger partial charge is 0.395 e. The van der Waals surface area contributed by atoms with Gasteiger partial charge in [-0.1, -0.05) is 90.2 Å². The third-order valence-corrected chi connectivity index (χ3v) is 9.68. The van der Waals surface area contributed by atoms with E-state index >= 15 is 0 Å². The van der Waals surface area contributed by atoms with Gasteiger partial charge in [0.15, 0.2) is 0 Å². The maximum Gasteiger partial charge on any atom is 0.214 e. The molecule has 0 atom stereocenters. The first kappa shape index (κ1) is 28.0. The Morgan fingerprint density at radius 3 is 2.28 bits per heavy atom. The molecule has 0 unspecified atom stereocenters. The average molecular weight is 591 g/mol. The molecule has 0 radical (unpaired) electrons. The van der Waals surface area contributed by atoms with Crippen molar-refractivity contribution in [3.05, 3.63) is 102 Å². The predicted molar refractivity (Wildman–Crippen MR) is 177 cm³/mol. The summed E-state index contributed by atoms with van der Waals surface area (Å²) < 4.78 is 1.94. The summed E-state index contributed by atoms with van der Waals surface area (Å²) >= 11 is 1.68. The molecule has 5 aromatic rings. The van der Waals surface area contributed by atoms with Crippen LogP contribution in [0.2, 0.25) is 0 Å². The highest BCUT2D eigenvalue weighted by molar-refractivity contribution is 7.20. The molecule has 0 bridgehead atoms. The smallest absolute Gasteiger partial charge is 0.214 e. The molecule has 8 heteroatoms. The van der Waals surface area contributed by atoms with E-state index in [1.807, 2.05) is 4.52 Å². The van der Waals surface area contributed by atoms with E-state index in [2.05, 4.69) is 106 Å². The van der Waals surface area contributed by atoms with Crippen LogP contribution in [-0.4, -0.2) is 88.5 Å². The second kappa shape index (κ2) is 12.8. The predicted octanol–water partition coefficient (Wildman–Crippen LogP) is 5.57. The molecule has 0 aliphatic carbocycles. The maximum absolute atomic E-state index is 9.22. The number of fused-ring (bicyclic) bond motifs is 1. The first-order chi connectivity index (χ1) is 21.2. The monoisotopic (exact) mass is 590 g/mol. The molecule has 3 aromatic carbocycles. The van der Waals surface area contributed by atoms with Crippen molar-refractivity contribution in [1.29, 1.82) is 0 Å². The van der Waals surface area contributed by atoms with Crippen LogP contribution >= 0.6 is 11.3 Å². The van der Waals surface area contributed by atoms with Gasteiger partial charge in [-0.25, -0.2) is 9.50 Å². The van der Waals surface area contributed by atoms with E-state index < -0.39 is 0 Å². The summed E-state index contributed by atoms with van der Waals surface area (Å²) in [6.07, 6.45) is 6.47. The summed E-state index contributed by atoms with van der Waals surface area (Å²) in [4.78, 5) is 13.1. The number of aliphatic hydroxyl groups is 1. The first-order valence-corrected chi connectivity index (χ1v) is 16.1. The Kier molecular flexibility index (Phi) is 8.34. The molecule has 2 aliphatic rings. The van der Waals surface area contributed by atoms with E-state index in [0.29, 0.717) is 0 Å². The maximum atomic E-state index is 9.22. The zero-order chi connectivity index (χ0) is 29.0. The van der Waals surface area contributed by atoms with Gasteiger partial charge in [0.05, 0.1) is 18.5 Å². The van der Waals surface area contributed by atoms with E-state index in [-0.39, 0.29) is 6.61 Å². The van der Waals surface area contributed by atoms with Gasteiger partial charge in [-0.15, -0.1) is 5.10 Å². The minimum absolute atomic E-state index is 0.219. The van der Waals surface area contributed by atoms with Crippen molar-refractivity contribution < 1.29 is 5.11 Å². The number of rotatable bonds is 9. The van der Waals surface area contributed by atoms with Gasteiger partial charge < -0.3 is 10.0 Å². The van der Waals surface area contributed by atoms with Gasteiger partial charge in [-0.05, 0) is 46.7 Å². The molecule has 1 fully saturated rings.